The minimum absolute atomic E-state index is 0.201. The topological polar surface area (TPSA) is 78.4 Å². The van der Waals surface area contributed by atoms with Gasteiger partial charge in [0.25, 0.3) is 0 Å². The van der Waals surface area contributed by atoms with Crippen LogP contribution in [0.3, 0.4) is 0 Å². The molecule has 0 fully saturated rings. The standard InChI is InChI=1S/C12H14N2O3S/c1-3-5-8(2)13-12(17)14-10(11(15)16)9-6-4-7-18-9/h1,4,6-8,10H,5H2,2H3,(H,15,16)(H2,13,14,17). The molecule has 2 unspecified atom stereocenters. The van der Waals surface area contributed by atoms with E-state index in [2.05, 4.69) is 16.6 Å². The minimum Gasteiger partial charge on any atom is -0.479 e. The highest BCUT2D eigenvalue weighted by Crippen LogP contribution is 2.18. The number of thiophene rings is 1. The molecule has 3 N–H and O–H groups in total. The maximum absolute atomic E-state index is 11.6. The van der Waals surface area contributed by atoms with Gasteiger partial charge in [0.05, 0.1) is 0 Å². The molecular weight excluding hydrogens is 252 g/mol. The maximum Gasteiger partial charge on any atom is 0.331 e. The molecule has 0 aromatic carbocycles. The number of terminal acetylenes is 1. The number of nitrogens with one attached hydrogen (secondary N) is 2. The molecule has 0 radical (unpaired) electrons. The molecule has 0 bridgehead atoms. The van der Waals surface area contributed by atoms with Crippen LogP contribution < -0.4 is 10.6 Å². The highest BCUT2D eigenvalue weighted by atomic mass is 32.1. The van der Waals surface area contributed by atoms with E-state index in [0.29, 0.717) is 11.3 Å². The fourth-order valence-electron chi connectivity index (χ4n) is 1.33. The minimum atomic E-state index is -1.10. The van der Waals surface area contributed by atoms with Crippen LogP contribution in [-0.2, 0) is 4.79 Å². The largest absolute Gasteiger partial charge is 0.479 e. The number of carbonyl (C=O) groups excluding carboxylic acids is 1. The molecule has 1 aromatic rings. The molecule has 96 valence electrons. The van der Waals surface area contributed by atoms with E-state index in [4.69, 9.17) is 11.5 Å². The van der Waals surface area contributed by atoms with Crippen molar-refractivity contribution in [2.24, 2.45) is 0 Å². The van der Waals surface area contributed by atoms with Gasteiger partial charge in [-0.2, -0.15) is 0 Å². The first-order valence-corrected chi connectivity index (χ1v) is 6.19. The van der Waals surface area contributed by atoms with E-state index < -0.39 is 18.0 Å². The van der Waals surface area contributed by atoms with Gasteiger partial charge in [-0.15, -0.1) is 23.7 Å². The summed E-state index contributed by atoms with van der Waals surface area (Å²) in [4.78, 5) is 23.2. The number of hydrogen-bond acceptors (Lipinski definition) is 3. The summed E-state index contributed by atoms with van der Waals surface area (Å²) in [5, 5.41) is 15.8. The Kier molecular flexibility index (Phi) is 5.21. The summed E-state index contributed by atoms with van der Waals surface area (Å²) in [7, 11) is 0. The number of urea groups is 1. The van der Waals surface area contributed by atoms with Crippen molar-refractivity contribution in [3.63, 3.8) is 0 Å². The second-order valence-corrected chi connectivity index (χ2v) is 4.69. The molecule has 1 aromatic heterocycles. The van der Waals surface area contributed by atoms with E-state index in [1.165, 1.54) is 11.3 Å². The van der Waals surface area contributed by atoms with Crippen molar-refractivity contribution in [2.75, 3.05) is 0 Å². The predicted octanol–water partition coefficient (Wildman–Crippen LogP) is 1.58. The molecule has 1 heterocycles. The molecule has 1 rings (SSSR count). The molecule has 0 spiro atoms. The van der Waals surface area contributed by atoms with Crippen LogP contribution in [0.5, 0.6) is 0 Å². The van der Waals surface area contributed by atoms with Gasteiger partial charge >= 0.3 is 12.0 Å². The van der Waals surface area contributed by atoms with Crippen molar-refractivity contribution < 1.29 is 14.7 Å². The molecule has 6 heteroatoms. The van der Waals surface area contributed by atoms with Gasteiger partial charge < -0.3 is 15.7 Å². The highest BCUT2D eigenvalue weighted by Gasteiger charge is 2.23. The van der Waals surface area contributed by atoms with Crippen molar-refractivity contribution in [3.05, 3.63) is 22.4 Å². The van der Waals surface area contributed by atoms with Crippen molar-refractivity contribution in [1.29, 1.82) is 0 Å². The molecule has 0 aliphatic heterocycles. The zero-order valence-electron chi connectivity index (χ0n) is 9.84. The zero-order chi connectivity index (χ0) is 13.5. The zero-order valence-corrected chi connectivity index (χ0v) is 10.7. The highest BCUT2D eigenvalue weighted by molar-refractivity contribution is 7.10. The third-order valence-corrected chi connectivity index (χ3v) is 3.09. The lowest BCUT2D eigenvalue weighted by Crippen LogP contribution is -2.44. The first kappa shape index (κ1) is 14.1. The van der Waals surface area contributed by atoms with Crippen LogP contribution in [0, 0.1) is 12.3 Å². The Labute approximate surface area is 109 Å². The average Bonchev–Trinajstić information content (AvgIpc) is 2.78. The van der Waals surface area contributed by atoms with Crippen LogP contribution in [-0.4, -0.2) is 23.1 Å². The average molecular weight is 266 g/mol. The van der Waals surface area contributed by atoms with Gasteiger partial charge in [0.2, 0.25) is 0 Å². The van der Waals surface area contributed by atoms with Crippen LogP contribution in [0.2, 0.25) is 0 Å². The lowest BCUT2D eigenvalue weighted by Gasteiger charge is -2.16. The van der Waals surface area contributed by atoms with E-state index in [1.807, 2.05) is 0 Å². The number of rotatable bonds is 5. The van der Waals surface area contributed by atoms with E-state index in [9.17, 15) is 9.59 Å². The molecule has 0 aliphatic rings. The van der Waals surface area contributed by atoms with Crippen LogP contribution in [0.1, 0.15) is 24.3 Å². The van der Waals surface area contributed by atoms with Crippen molar-refractivity contribution in [1.82, 2.24) is 10.6 Å². The van der Waals surface area contributed by atoms with Crippen LogP contribution in [0.4, 0.5) is 4.79 Å². The summed E-state index contributed by atoms with van der Waals surface area (Å²) >= 11 is 1.27. The van der Waals surface area contributed by atoms with Gasteiger partial charge in [-0.3, -0.25) is 0 Å². The maximum atomic E-state index is 11.6. The summed E-state index contributed by atoms with van der Waals surface area (Å²) in [5.74, 6) is 1.32. The molecular formula is C12H14N2O3S. The number of carbonyl (C=O) groups is 2. The molecule has 0 aliphatic carbocycles. The van der Waals surface area contributed by atoms with Gasteiger partial charge in [0.15, 0.2) is 6.04 Å². The first-order chi connectivity index (χ1) is 8.54. The number of carboxylic acid groups (broad SMARTS) is 1. The van der Waals surface area contributed by atoms with Gasteiger partial charge in [0, 0.05) is 17.3 Å². The monoisotopic (exact) mass is 266 g/mol. The third kappa shape index (κ3) is 4.11. The Morgan fingerprint density at radius 2 is 2.28 bits per heavy atom. The van der Waals surface area contributed by atoms with Crippen LogP contribution in [0.15, 0.2) is 17.5 Å². The number of carboxylic acids is 1. The van der Waals surface area contributed by atoms with Gasteiger partial charge in [-0.1, -0.05) is 6.07 Å². The molecule has 5 nitrogen and oxygen atoms in total. The van der Waals surface area contributed by atoms with E-state index in [0.717, 1.165) is 0 Å². The molecule has 0 saturated heterocycles. The Morgan fingerprint density at radius 3 is 2.78 bits per heavy atom. The summed E-state index contributed by atoms with van der Waals surface area (Å²) < 4.78 is 0. The van der Waals surface area contributed by atoms with Crippen molar-refractivity contribution >= 4 is 23.3 Å². The molecule has 2 atom stereocenters. The second-order valence-electron chi connectivity index (χ2n) is 3.71. The molecule has 0 saturated carbocycles. The number of hydrogen-bond donors (Lipinski definition) is 3. The Balaban J connectivity index is 2.60. The Morgan fingerprint density at radius 1 is 1.56 bits per heavy atom. The fraction of sp³-hybridized carbons (Fsp3) is 0.333. The van der Waals surface area contributed by atoms with Gasteiger partial charge in [-0.05, 0) is 18.4 Å². The summed E-state index contributed by atoms with van der Waals surface area (Å²) in [6.07, 6.45) is 5.51. The molecule has 18 heavy (non-hydrogen) atoms. The Bertz CT molecular complexity index is 450. The Hall–Kier alpha value is -2.00. The second kappa shape index (κ2) is 6.67. The van der Waals surface area contributed by atoms with E-state index in [1.54, 1.807) is 24.4 Å². The first-order valence-electron chi connectivity index (χ1n) is 5.31. The number of amides is 2. The quantitative estimate of drug-likeness (QED) is 0.708. The van der Waals surface area contributed by atoms with Crippen molar-refractivity contribution in [2.45, 2.75) is 25.4 Å². The predicted molar refractivity (Wildman–Crippen MR) is 69.3 cm³/mol. The van der Waals surface area contributed by atoms with Gasteiger partial charge in [0.1, 0.15) is 0 Å². The van der Waals surface area contributed by atoms with Gasteiger partial charge in [-0.25, -0.2) is 9.59 Å². The van der Waals surface area contributed by atoms with Crippen molar-refractivity contribution in [3.8, 4) is 12.3 Å². The SMILES string of the molecule is C#CCC(C)NC(=O)NC(C(=O)O)c1cccs1. The van der Waals surface area contributed by atoms with Crippen LogP contribution in [0.25, 0.3) is 0 Å². The summed E-state index contributed by atoms with van der Waals surface area (Å²) in [5.41, 5.74) is 0. The summed E-state index contributed by atoms with van der Waals surface area (Å²) in [6.45, 7) is 1.75. The summed E-state index contributed by atoms with van der Waals surface area (Å²) in [6, 6.07) is 1.61. The smallest absolute Gasteiger partial charge is 0.331 e. The fourth-order valence-corrected chi connectivity index (χ4v) is 2.10. The lowest BCUT2D eigenvalue weighted by atomic mass is 10.2. The molecule has 2 amide bonds. The number of aliphatic carboxylic acids is 1. The lowest BCUT2D eigenvalue weighted by molar-refractivity contribution is -0.139. The van der Waals surface area contributed by atoms with E-state index >= 15 is 0 Å². The van der Waals surface area contributed by atoms with E-state index in [-0.39, 0.29) is 6.04 Å². The van der Waals surface area contributed by atoms with Crippen LogP contribution >= 0.6 is 11.3 Å². The normalized spacial score (nSPS) is 13.1. The third-order valence-electron chi connectivity index (χ3n) is 2.15.